The number of amides is 2. The normalized spacial score (nSPS) is 23.4. The molecule has 2 amide bonds. The molecule has 2 aliphatic heterocycles. The molecule has 0 aromatic carbocycles. The van der Waals surface area contributed by atoms with Crippen molar-refractivity contribution in [1.29, 1.82) is 0 Å². The predicted molar refractivity (Wildman–Crippen MR) is 81.6 cm³/mol. The van der Waals surface area contributed by atoms with Crippen molar-refractivity contribution in [3.63, 3.8) is 0 Å². The first-order valence-electron chi connectivity index (χ1n) is 7.65. The highest BCUT2D eigenvalue weighted by Crippen LogP contribution is 2.27. The van der Waals surface area contributed by atoms with E-state index in [4.69, 9.17) is 0 Å². The highest BCUT2D eigenvalue weighted by molar-refractivity contribution is 7.11. The van der Waals surface area contributed by atoms with Gasteiger partial charge in [0.05, 0.1) is 17.9 Å². The molecule has 1 aromatic heterocycles. The molecule has 2 aliphatic rings. The van der Waals surface area contributed by atoms with Gasteiger partial charge in [-0.05, 0) is 19.8 Å². The van der Waals surface area contributed by atoms with Crippen LogP contribution in [-0.4, -0.2) is 58.9 Å². The lowest BCUT2D eigenvalue weighted by Gasteiger charge is -2.36. The minimum Gasteiger partial charge on any atom is -0.339 e. The van der Waals surface area contributed by atoms with Crippen LogP contribution in [0.4, 0.5) is 4.39 Å². The molecule has 3 heterocycles. The fraction of sp³-hybridized carbons (Fsp3) is 0.667. The van der Waals surface area contributed by atoms with Gasteiger partial charge in [-0.3, -0.25) is 14.0 Å². The van der Waals surface area contributed by atoms with Crippen molar-refractivity contribution in [2.24, 2.45) is 5.92 Å². The molecule has 0 spiro atoms. The van der Waals surface area contributed by atoms with Gasteiger partial charge < -0.3 is 9.80 Å². The van der Waals surface area contributed by atoms with Crippen molar-refractivity contribution in [1.82, 2.24) is 14.8 Å². The van der Waals surface area contributed by atoms with Gasteiger partial charge in [0.15, 0.2) is 0 Å². The molecule has 0 aliphatic carbocycles. The number of aryl methyl sites for hydroxylation is 1. The summed E-state index contributed by atoms with van der Waals surface area (Å²) < 4.78 is 12.7. The quantitative estimate of drug-likeness (QED) is 0.852. The van der Waals surface area contributed by atoms with Crippen LogP contribution in [0.1, 0.15) is 34.6 Å². The number of alkyl halides is 1. The van der Waals surface area contributed by atoms with Gasteiger partial charge in [0, 0.05) is 38.0 Å². The van der Waals surface area contributed by atoms with Gasteiger partial charge in [-0.15, -0.1) is 11.3 Å². The second-order valence-corrected chi connectivity index (χ2v) is 6.92. The molecule has 1 atom stereocenters. The molecule has 7 heteroatoms. The number of carbonyl (C=O) groups excluding carboxylic acids is 2. The molecule has 1 aromatic rings. The number of thiazole rings is 1. The lowest BCUT2D eigenvalue weighted by molar-refractivity contribution is -0.130. The number of piperidine rings is 1. The third-order valence-corrected chi connectivity index (χ3v) is 5.51. The van der Waals surface area contributed by atoms with Gasteiger partial charge in [0.1, 0.15) is 4.88 Å². The van der Waals surface area contributed by atoms with Crippen LogP contribution in [0.15, 0.2) is 5.51 Å². The molecule has 0 radical (unpaired) electrons. The topological polar surface area (TPSA) is 53.5 Å². The Labute approximate surface area is 133 Å². The fourth-order valence-corrected chi connectivity index (χ4v) is 4.07. The number of hydrogen-bond acceptors (Lipinski definition) is 4. The smallest absolute Gasteiger partial charge is 0.265 e. The van der Waals surface area contributed by atoms with Gasteiger partial charge in [0.25, 0.3) is 5.91 Å². The molecule has 22 heavy (non-hydrogen) atoms. The summed E-state index contributed by atoms with van der Waals surface area (Å²) in [6, 6.07) is 0.149. The summed E-state index contributed by atoms with van der Waals surface area (Å²) in [7, 11) is 0. The Morgan fingerprint density at radius 1 is 1.45 bits per heavy atom. The standard InChI is InChI=1S/C15H20FN3O2S/c1-10-14(22-9-17-10)15(21)18-4-2-12(3-5-18)19-8-11(7-16)6-13(19)20/h9,11-12H,2-8H2,1H3. The minimum absolute atomic E-state index is 0.0350. The molecule has 2 saturated heterocycles. The van der Waals surface area contributed by atoms with Crippen LogP contribution in [0, 0.1) is 12.8 Å². The Morgan fingerprint density at radius 2 is 2.18 bits per heavy atom. The van der Waals surface area contributed by atoms with Crippen molar-refractivity contribution in [3.8, 4) is 0 Å². The number of halogens is 1. The summed E-state index contributed by atoms with van der Waals surface area (Å²) >= 11 is 1.37. The first-order valence-corrected chi connectivity index (χ1v) is 8.53. The molecule has 5 nitrogen and oxygen atoms in total. The third kappa shape index (κ3) is 2.86. The van der Waals surface area contributed by atoms with Crippen molar-refractivity contribution in [2.45, 2.75) is 32.2 Å². The Balaban J connectivity index is 1.58. The third-order valence-electron chi connectivity index (χ3n) is 4.59. The maximum Gasteiger partial charge on any atom is 0.265 e. The maximum atomic E-state index is 12.7. The van der Waals surface area contributed by atoms with E-state index in [0.29, 0.717) is 30.9 Å². The number of nitrogens with zero attached hydrogens (tertiary/aromatic N) is 3. The first-order chi connectivity index (χ1) is 10.6. The van der Waals surface area contributed by atoms with Crippen molar-refractivity contribution < 1.29 is 14.0 Å². The summed E-state index contributed by atoms with van der Waals surface area (Å²) in [5.74, 6) is -0.0504. The zero-order valence-electron chi connectivity index (χ0n) is 12.6. The van der Waals surface area contributed by atoms with Gasteiger partial charge in [-0.1, -0.05) is 0 Å². The van der Waals surface area contributed by atoms with Gasteiger partial charge in [-0.25, -0.2) is 4.98 Å². The van der Waals surface area contributed by atoms with Crippen molar-refractivity contribution in [3.05, 3.63) is 16.1 Å². The monoisotopic (exact) mass is 325 g/mol. The van der Waals surface area contributed by atoms with Gasteiger partial charge in [0.2, 0.25) is 5.91 Å². The molecule has 0 saturated carbocycles. The lowest BCUT2D eigenvalue weighted by atomic mass is 10.0. The molecule has 3 rings (SSSR count). The van der Waals surface area contributed by atoms with E-state index in [-0.39, 0.29) is 23.8 Å². The Kier molecular flexibility index (Phi) is 4.42. The SMILES string of the molecule is Cc1ncsc1C(=O)N1CCC(N2CC(CF)CC2=O)CC1. The van der Waals surface area contributed by atoms with Gasteiger partial charge >= 0.3 is 0 Å². The van der Waals surface area contributed by atoms with E-state index < -0.39 is 6.67 Å². The lowest BCUT2D eigenvalue weighted by Crippen LogP contribution is -2.47. The average Bonchev–Trinajstić information content (AvgIpc) is 3.12. The molecule has 0 N–H and O–H groups in total. The fourth-order valence-electron chi connectivity index (χ4n) is 3.30. The summed E-state index contributed by atoms with van der Waals surface area (Å²) in [6.07, 6.45) is 1.87. The summed E-state index contributed by atoms with van der Waals surface area (Å²) in [4.78, 5) is 32.9. The molecule has 120 valence electrons. The Bertz CT molecular complexity index is 569. The second-order valence-electron chi connectivity index (χ2n) is 6.06. The Hall–Kier alpha value is -1.50. The molecule has 2 fully saturated rings. The van der Waals surface area contributed by atoms with E-state index in [9.17, 15) is 14.0 Å². The van der Waals surface area contributed by atoms with E-state index in [0.717, 1.165) is 18.5 Å². The zero-order chi connectivity index (χ0) is 15.7. The van der Waals surface area contributed by atoms with E-state index in [2.05, 4.69) is 4.98 Å². The number of aromatic nitrogens is 1. The summed E-state index contributed by atoms with van der Waals surface area (Å²) in [5, 5.41) is 0. The number of hydrogen-bond donors (Lipinski definition) is 0. The summed E-state index contributed by atoms with van der Waals surface area (Å²) in [5.41, 5.74) is 2.47. The van der Waals surface area contributed by atoms with E-state index in [1.54, 1.807) is 5.51 Å². The van der Waals surface area contributed by atoms with Crippen LogP contribution in [0.3, 0.4) is 0 Å². The van der Waals surface area contributed by atoms with Gasteiger partial charge in [-0.2, -0.15) is 0 Å². The highest BCUT2D eigenvalue weighted by Gasteiger charge is 2.36. The van der Waals surface area contributed by atoms with Crippen LogP contribution >= 0.6 is 11.3 Å². The van der Waals surface area contributed by atoms with E-state index in [1.807, 2.05) is 16.7 Å². The molecular formula is C15H20FN3O2S. The average molecular weight is 325 g/mol. The Morgan fingerprint density at radius 3 is 2.73 bits per heavy atom. The van der Waals surface area contributed by atoms with Crippen LogP contribution in [0.25, 0.3) is 0 Å². The van der Waals surface area contributed by atoms with Crippen molar-refractivity contribution in [2.75, 3.05) is 26.3 Å². The maximum absolute atomic E-state index is 12.7. The molecule has 1 unspecified atom stereocenters. The predicted octanol–water partition coefficient (Wildman–Crippen LogP) is 1.87. The highest BCUT2D eigenvalue weighted by atomic mass is 32.1. The number of likely N-dealkylation sites (tertiary alicyclic amines) is 2. The van der Waals surface area contributed by atoms with Crippen LogP contribution in [0.2, 0.25) is 0 Å². The van der Waals surface area contributed by atoms with E-state index >= 15 is 0 Å². The number of rotatable bonds is 3. The van der Waals surface area contributed by atoms with Crippen LogP contribution in [-0.2, 0) is 4.79 Å². The largest absolute Gasteiger partial charge is 0.339 e. The van der Waals surface area contributed by atoms with Crippen LogP contribution < -0.4 is 0 Å². The van der Waals surface area contributed by atoms with Crippen LogP contribution in [0.5, 0.6) is 0 Å². The second kappa shape index (κ2) is 6.32. The number of carbonyl (C=O) groups is 2. The minimum atomic E-state index is -0.426. The zero-order valence-corrected chi connectivity index (χ0v) is 13.4. The van der Waals surface area contributed by atoms with Crippen molar-refractivity contribution >= 4 is 23.2 Å². The van der Waals surface area contributed by atoms with E-state index in [1.165, 1.54) is 11.3 Å². The molecular weight excluding hydrogens is 305 g/mol. The molecule has 0 bridgehead atoms. The first kappa shape index (κ1) is 15.4. The summed E-state index contributed by atoms with van der Waals surface area (Å²) in [6.45, 7) is 3.23.